The van der Waals surface area contributed by atoms with E-state index in [1.807, 2.05) is 51.1 Å². The Morgan fingerprint density at radius 3 is 2.45 bits per heavy atom. The summed E-state index contributed by atoms with van der Waals surface area (Å²) in [6.45, 7) is 7.32. The fourth-order valence-corrected chi connectivity index (χ4v) is 2.98. The predicted molar refractivity (Wildman–Crippen MR) is 116 cm³/mol. The number of amides is 2. The zero-order chi connectivity index (χ0) is 22.8. The van der Waals surface area contributed by atoms with E-state index in [-0.39, 0.29) is 24.1 Å². The molecule has 168 valence electrons. The van der Waals surface area contributed by atoms with Gasteiger partial charge in [-0.05, 0) is 31.2 Å². The van der Waals surface area contributed by atoms with Crippen LogP contribution in [0.2, 0.25) is 0 Å². The fraction of sp³-hybridized carbons (Fsp3) is 0.478. The van der Waals surface area contributed by atoms with Crippen molar-refractivity contribution in [3.63, 3.8) is 0 Å². The maximum absolute atomic E-state index is 12.9. The van der Waals surface area contributed by atoms with E-state index in [4.69, 9.17) is 9.26 Å². The van der Waals surface area contributed by atoms with Gasteiger partial charge in [-0.3, -0.25) is 9.59 Å². The van der Waals surface area contributed by atoms with E-state index < -0.39 is 24.0 Å². The number of ether oxygens (including phenoxy) is 1. The molecule has 0 spiro atoms. The third-order valence-corrected chi connectivity index (χ3v) is 4.69. The van der Waals surface area contributed by atoms with Gasteiger partial charge < -0.3 is 19.9 Å². The number of carbonyl (C=O) groups is 3. The molecule has 0 radical (unpaired) electrons. The number of anilines is 1. The average molecular weight is 430 g/mol. The lowest BCUT2D eigenvalue weighted by molar-refractivity contribution is -0.158. The minimum Gasteiger partial charge on any atom is -0.451 e. The minimum absolute atomic E-state index is 0.155. The number of benzene rings is 1. The Balaban J connectivity index is 2.03. The first-order valence-corrected chi connectivity index (χ1v) is 10.6. The number of hydrogen-bond acceptors (Lipinski definition) is 6. The fourth-order valence-electron chi connectivity index (χ4n) is 2.98. The van der Waals surface area contributed by atoms with Crippen molar-refractivity contribution in [2.75, 3.05) is 5.32 Å². The van der Waals surface area contributed by atoms with Gasteiger partial charge in [-0.2, -0.15) is 0 Å². The van der Waals surface area contributed by atoms with Crippen molar-refractivity contribution in [2.24, 2.45) is 5.92 Å². The van der Waals surface area contributed by atoms with Crippen LogP contribution in [0.25, 0.3) is 0 Å². The van der Waals surface area contributed by atoms with E-state index in [2.05, 4.69) is 15.8 Å². The molecule has 8 nitrogen and oxygen atoms in total. The van der Waals surface area contributed by atoms with Gasteiger partial charge >= 0.3 is 5.97 Å². The van der Waals surface area contributed by atoms with Crippen LogP contribution in [0.4, 0.5) is 5.82 Å². The largest absolute Gasteiger partial charge is 0.451 e. The van der Waals surface area contributed by atoms with Gasteiger partial charge in [0.1, 0.15) is 11.8 Å². The van der Waals surface area contributed by atoms with Crippen LogP contribution in [0.3, 0.4) is 0 Å². The van der Waals surface area contributed by atoms with Crippen molar-refractivity contribution in [3.05, 3.63) is 47.7 Å². The van der Waals surface area contributed by atoms with Crippen molar-refractivity contribution in [1.29, 1.82) is 0 Å². The van der Waals surface area contributed by atoms with Crippen LogP contribution >= 0.6 is 0 Å². The highest BCUT2D eigenvalue weighted by Gasteiger charge is 2.31. The van der Waals surface area contributed by atoms with Gasteiger partial charge in [0.25, 0.3) is 5.91 Å². The Hall–Kier alpha value is -3.16. The number of carbonyl (C=O) groups excluding carboxylic acids is 3. The molecule has 2 atom stereocenters. The van der Waals surface area contributed by atoms with Gasteiger partial charge in [-0.1, -0.05) is 62.7 Å². The first kappa shape index (κ1) is 24.1. The summed E-state index contributed by atoms with van der Waals surface area (Å²) < 4.78 is 10.5. The highest BCUT2D eigenvalue weighted by Crippen LogP contribution is 2.14. The third kappa shape index (κ3) is 7.88. The molecular weight excluding hydrogens is 398 g/mol. The number of aromatic nitrogens is 1. The minimum atomic E-state index is -0.989. The molecule has 0 fully saturated rings. The summed E-state index contributed by atoms with van der Waals surface area (Å²) in [4.78, 5) is 38.0. The molecule has 1 aromatic heterocycles. The van der Waals surface area contributed by atoms with Crippen LogP contribution < -0.4 is 10.6 Å². The normalized spacial score (nSPS) is 12.8. The summed E-state index contributed by atoms with van der Waals surface area (Å²) in [6.07, 6.45) is 1.08. The average Bonchev–Trinajstić information content (AvgIpc) is 3.14. The summed E-state index contributed by atoms with van der Waals surface area (Å²) in [5.41, 5.74) is 0.846. The Bertz CT molecular complexity index is 863. The standard InChI is InChI=1S/C23H31N3O5/c1-5-6-12-18(22(28)24-19-13-16(4)31-26-19)30-23(29)21(15(2)3)25-20(27)14-17-10-8-7-9-11-17/h7-11,13,15,18,21H,5-6,12,14H2,1-4H3,(H,25,27)(H,24,26,28)/t18?,21-/m0/s1. The molecule has 0 saturated heterocycles. The number of aryl methyl sites for hydroxylation is 1. The number of esters is 1. The maximum atomic E-state index is 12.9. The van der Waals surface area contributed by atoms with Crippen LogP contribution in [0.1, 0.15) is 51.4 Å². The lowest BCUT2D eigenvalue weighted by atomic mass is 10.0. The van der Waals surface area contributed by atoms with Gasteiger partial charge in [-0.25, -0.2) is 4.79 Å². The first-order chi connectivity index (χ1) is 14.8. The molecule has 0 saturated carbocycles. The van der Waals surface area contributed by atoms with Crippen molar-refractivity contribution in [3.8, 4) is 0 Å². The summed E-state index contributed by atoms with van der Waals surface area (Å²) >= 11 is 0. The van der Waals surface area contributed by atoms with E-state index in [0.717, 1.165) is 12.0 Å². The Labute approximate surface area is 182 Å². The van der Waals surface area contributed by atoms with Crippen LogP contribution in [0.15, 0.2) is 40.9 Å². The first-order valence-electron chi connectivity index (χ1n) is 10.6. The molecule has 0 aliphatic rings. The maximum Gasteiger partial charge on any atom is 0.329 e. The van der Waals surface area contributed by atoms with Gasteiger partial charge in [0.05, 0.1) is 6.42 Å². The highest BCUT2D eigenvalue weighted by atomic mass is 16.5. The van der Waals surface area contributed by atoms with Gasteiger partial charge in [0.2, 0.25) is 5.91 Å². The van der Waals surface area contributed by atoms with Crippen molar-refractivity contribution in [1.82, 2.24) is 10.5 Å². The van der Waals surface area contributed by atoms with Gasteiger partial charge in [0, 0.05) is 6.07 Å². The number of unbranched alkanes of at least 4 members (excludes halogenated alkanes) is 1. The molecule has 2 aromatic rings. The lowest BCUT2D eigenvalue weighted by Crippen LogP contribution is -2.48. The summed E-state index contributed by atoms with van der Waals surface area (Å²) in [5, 5.41) is 9.09. The molecule has 2 amide bonds. The second kappa shape index (κ2) is 11.9. The SMILES string of the molecule is CCCCC(OC(=O)[C@@H](NC(=O)Cc1ccccc1)C(C)C)C(=O)Nc1cc(C)on1. The lowest BCUT2D eigenvalue weighted by Gasteiger charge is -2.24. The predicted octanol–water partition coefficient (Wildman–Crippen LogP) is 3.41. The summed E-state index contributed by atoms with van der Waals surface area (Å²) in [6, 6.07) is 9.99. The van der Waals surface area contributed by atoms with Crippen LogP contribution in [-0.2, 0) is 25.5 Å². The number of nitrogens with one attached hydrogen (secondary N) is 2. The monoisotopic (exact) mass is 429 g/mol. The second-order valence-corrected chi connectivity index (χ2v) is 7.83. The topological polar surface area (TPSA) is 111 Å². The number of hydrogen-bond donors (Lipinski definition) is 2. The van der Waals surface area contributed by atoms with E-state index in [1.165, 1.54) is 0 Å². The molecule has 1 unspecified atom stereocenters. The Morgan fingerprint density at radius 2 is 1.87 bits per heavy atom. The molecule has 1 aromatic carbocycles. The molecule has 2 N–H and O–H groups in total. The summed E-state index contributed by atoms with van der Waals surface area (Å²) in [7, 11) is 0. The third-order valence-electron chi connectivity index (χ3n) is 4.69. The van der Waals surface area contributed by atoms with E-state index >= 15 is 0 Å². The smallest absolute Gasteiger partial charge is 0.329 e. The Morgan fingerprint density at radius 1 is 1.16 bits per heavy atom. The zero-order valence-electron chi connectivity index (χ0n) is 18.5. The summed E-state index contributed by atoms with van der Waals surface area (Å²) in [5.74, 6) is -0.790. The molecule has 0 aliphatic heterocycles. The number of nitrogens with zero attached hydrogens (tertiary/aromatic N) is 1. The zero-order valence-corrected chi connectivity index (χ0v) is 18.5. The van der Waals surface area contributed by atoms with Crippen LogP contribution in [-0.4, -0.2) is 35.1 Å². The van der Waals surface area contributed by atoms with Crippen molar-refractivity contribution >= 4 is 23.6 Å². The van der Waals surface area contributed by atoms with E-state index in [0.29, 0.717) is 18.6 Å². The molecule has 0 bridgehead atoms. The molecule has 31 heavy (non-hydrogen) atoms. The van der Waals surface area contributed by atoms with Crippen LogP contribution in [0.5, 0.6) is 0 Å². The van der Waals surface area contributed by atoms with Crippen LogP contribution in [0, 0.1) is 12.8 Å². The highest BCUT2D eigenvalue weighted by molar-refractivity contribution is 5.95. The van der Waals surface area contributed by atoms with Crippen molar-refractivity contribution < 1.29 is 23.6 Å². The molecule has 8 heteroatoms. The number of rotatable bonds is 11. The van der Waals surface area contributed by atoms with E-state index in [1.54, 1.807) is 13.0 Å². The molecular formula is C23H31N3O5. The van der Waals surface area contributed by atoms with Gasteiger partial charge in [0.15, 0.2) is 11.9 Å². The van der Waals surface area contributed by atoms with Crippen molar-refractivity contribution in [2.45, 2.75) is 65.5 Å². The van der Waals surface area contributed by atoms with Gasteiger partial charge in [-0.15, -0.1) is 0 Å². The Kier molecular flexibility index (Phi) is 9.24. The molecule has 0 aliphatic carbocycles. The molecule has 1 heterocycles. The quantitative estimate of drug-likeness (QED) is 0.530. The van der Waals surface area contributed by atoms with E-state index in [9.17, 15) is 14.4 Å². The second-order valence-electron chi connectivity index (χ2n) is 7.83. The molecule has 2 rings (SSSR count).